The summed E-state index contributed by atoms with van der Waals surface area (Å²) in [4.78, 5) is 1.95. The zero-order chi connectivity index (χ0) is 13.8. The predicted octanol–water partition coefficient (Wildman–Crippen LogP) is 2.21. The van der Waals surface area contributed by atoms with E-state index < -0.39 is 0 Å². The molecular weight excluding hydrogens is 238 g/mol. The summed E-state index contributed by atoms with van der Waals surface area (Å²) in [7, 11) is 1.93. The lowest BCUT2D eigenvalue weighted by Gasteiger charge is -2.16. The van der Waals surface area contributed by atoms with E-state index in [1.807, 2.05) is 50.1 Å². The summed E-state index contributed by atoms with van der Waals surface area (Å²) in [6, 6.07) is 7.96. The van der Waals surface area contributed by atoms with Crippen molar-refractivity contribution >= 4 is 0 Å². The Balaban J connectivity index is 2.14. The Labute approximate surface area is 113 Å². The number of aromatic nitrogens is 4. The number of aryl methyl sites for hydroxylation is 1. The average Bonchev–Trinajstić information content (AvgIpc) is 2.40. The van der Waals surface area contributed by atoms with E-state index in [9.17, 15) is 0 Å². The van der Waals surface area contributed by atoms with E-state index in [4.69, 9.17) is 0 Å². The van der Waals surface area contributed by atoms with E-state index in [0.717, 1.165) is 11.3 Å². The number of allylic oxidation sites excluding steroid dienone is 1. The van der Waals surface area contributed by atoms with Crippen molar-refractivity contribution in [3.05, 3.63) is 47.9 Å². The standard InChI is InChI=1S/C14H17N5/c1-10(2)19(4)9-13-15-17-14(18-16-13)12-7-5-11(3)6-8-12/h5-8H,1,9H2,2-4H3. The summed E-state index contributed by atoms with van der Waals surface area (Å²) in [5.41, 5.74) is 3.07. The molecule has 0 N–H and O–H groups in total. The second-order valence-electron chi connectivity index (χ2n) is 4.60. The van der Waals surface area contributed by atoms with E-state index in [0.29, 0.717) is 18.2 Å². The third-order valence-electron chi connectivity index (χ3n) is 2.86. The summed E-state index contributed by atoms with van der Waals surface area (Å²) in [6.45, 7) is 8.38. The minimum atomic E-state index is 0.543. The molecule has 0 radical (unpaired) electrons. The molecule has 0 spiro atoms. The third kappa shape index (κ3) is 3.34. The first-order valence-corrected chi connectivity index (χ1v) is 6.06. The maximum Gasteiger partial charge on any atom is 0.203 e. The molecule has 0 bridgehead atoms. The highest BCUT2D eigenvalue weighted by Gasteiger charge is 2.06. The Kier molecular flexibility index (Phi) is 3.85. The Morgan fingerprint density at radius 1 is 1.11 bits per heavy atom. The van der Waals surface area contributed by atoms with Gasteiger partial charge in [-0.3, -0.25) is 0 Å². The monoisotopic (exact) mass is 255 g/mol. The molecule has 0 unspecified atom stereocenters. The molecule has 0 atom stereocenters. The molecule has 1 aromatic carbocycles. The van der Waals surface area contributed by atoms with Crippen LogP contribution in [0.1, 0.15) is 18.3 Å². The lowest BCUT2D eigenvalue weighted by molar-refractivity contribution is 0.396. The summed E-state index contributed by atoms with van der Waals surface area (Å²) in [5.74, 6) is 1.13. The Morgan fingerprint density at radius 3 is 2.21 bits per heavy atom. The van der Waals surface area contributed by atoms with Crippen molar-refractivity contribution in [2.45, 2.75) is 20.4 Å². The first-order chi connectivity index (χ1) is 9.06. The molecule has 1 aromatic heterocycles. The maximum absolute atomic E-state index is 4.11. The summed E-state index contributed by atoms with van der Waals surface area (Å²) in [6.07, 6.45) is 0. The fourth-order valence-corrected chi connectivity index (χ4v) is 1.48. The van der Waals surface area contributed by atoms with Gasteiger partial charge in [-0.05, 0) is 13.8 Å². The Morgan fingerprint density at radius 2 is 1.68 bits per heavy atom. The zero-order valence-corrected chi connectivity index (χ0v) is 11.5. The fourth-order valence-electron chi connectivity index (χ4n) is 1.48. The van der Waals surface area contributed by atoms with Gasteiger partial charge in [-0.1, -0.05) is 36.4 Å². The molecule has 2 rings (SSSR count). The van der Waals surface area contributed by atoms with Crippen molar-refractivity contribution in [2.75, 3.05) is 7.05 Å². The van der Waals surface area contributed by atoms with Crippen LogP contribution in [0.3, 0.4) is 0 Å². The van der Waals surface area contributed by atoms with Gasteiger partial charge in [-0.15, -0.1) is 20.4 Å². The molecule has 2 aromatic rings. The van der Waals surface area contributed by atoms with Crippen LogP contribution in [0.25, 0.3) is 11.4 Å². The van der Waals surface area contributed by atoms with E-state index in [2.05, 4.69) is 27.0 Å². The van der Waals surface area contributed by atoms with Gasteiger partial charge in [0.15, 0.2) is 5.82 Å². The van der Waals surface area contributed by atoms with Gasteiger partial charge in [0.1, 0.15) is 0 Å². The van der Waals surface area contributed by atoms with Gasteiger partial charge in [-0.2, -0.15) is 0 Å². The quantitative estimate of drug-likeness (QED) is 0.838. The molecule has 5 heteroatoms. The van der Waals surface area contributed by atoms with Crippen LogP contribution in [0.4, 0.5) is 0 Å². The number of hydrogen-bond acceptors (Lipinski definition) is 5. The second-order valence-corrected chi connectivity index (χ2v) is 4.60. The predicted molar refractivity (Wildman–Crippen MR) is 74.1 cm³/mol. The van der Waals surface area contributed by atoms with Crippen molar-refractivity contribution in [3.8, 4) is 11.4 Å². The Bertz CT molecular complexity index is 559. The molecule has 0 amide bonds. The van der Waals surface area contributed by atoms with Gasteiger partial charge >= 0.3 is 0 Å². The molecule has 1 heterocycles. The molecule has 0 fully saturated rings. The molecule has 0 saturated heterocycles. The maximum atomic E-state index is 4.11. The number of nitrogens with zero attached hydrogens (tertiary/aromatic N) is 5. The van der Waals surface area contributed by atoms with Crippen LogP contribution in [0, 0.1) is 6.92 Å². The number of hydrogen-bond donors (Lipinski definition) is 0. The van der Waals surface area contributed by atoms with Gasteiger partial charge < -0.3 is 4.90 Å². The van der Waals surface area contributed by atoms with Crippen molar-refractivity contribution in [1.82, 2.24) is 25.3 Å². The molecular formula is C14H17N5. The van der Waals surface area contributed by atoms with Gasteiger partial charge in [0.05, 0.1) is 6.54 Å². The van der Waals surface area contributed by atoms with Crippen LogP contribution in [-0.4, -0.2) is 32.3 Å². The normalized spacial score (nSPS) is 10.3. The van der Waals surface area contributed by atoms with Crippen molar-refractivity contribution < 1.29 is 0 Å². The lowest BCUT2D eigenvalue weighted by Crippen LogP contribution is -2.17. The summed E-state index contributed by atoms with van der Waals surface area (Å²) < 4.78 is 0. The largest absolute Gasteiger partial charge is 0.371 e. The summed E-state index contributed by atoms with van der Waals surface area (Å²) >= 11 is 0. The number of benzene rings is 1. The second kappa shape index (κ2) is 5.56. The van der Waals surface area contributed by atoms with Gasteiger partial charge in [0.25, 0.3) is 0 Å². The highest BCUT2D eigenvalue weighted by molar-refractivity contribution is 5.53. The fraction of sp³-hybridized carbons (Fsp3) is 0.286. The van der Waals surface area contributed by atoms with Crippen LogP contribution < -0.4 is 0 Å². The van der Waals surface area contributed by atoms with Crippen molar-refractivity contribution in [1.29, 1.82) is 0 Å². The van der Waals surface area contributed by atoms with Crippen LogP contribution in [0.2, 0.25) is 0 Å². The van der Waals surface area contributed by atoms with Crippen LogP contribution in [-0.2, 0) is 6.54 Å². The topological polar surface area (TPSA) is 54.8 Å². The van der Waals surface area contributed by atoms with Crippen LogP contribution in [0.5, 0.6) is 0 Å². The number of rotatable bonds is 4. The van der Waals surface area contributed by atoms with E-state index in [1.165, 1.54) is 5.56 Å². The molecule has 0 saturated carbocycles. The van der Waals surface area contributed by atoms with E-state index in [1.54, 1.807) is 0 Å². The smallest absolute Gasteiger partial charge is 0.203 e. The molecule has 5 nitrogen and oxygen atoms in total. The minimum absolute atomic E-state index is 0.543. The van der Waals surface area contributed by atoms with Crippen LogP contribution in [0.15, 0.2) is 36.5 Å². The van der Waals surface area contributed by atoms with Crippen molar-refractivity contribution in [3.63, 3.8) is 0 Å². The Hall–Kier alpha value is -2.30. The van der Waals surface area contributed by atoms with Crippen LogP contribution >= 0.6 is 0 Å². The highest BCUT2D eigenvalue weighted by Crippen LogP contribution is 2.13. The van der Waals surface area contributed by atoms with Gasteiger partial charge in [-0.25, -0.2) is 0 Å². The first-order valence-electron chi connectivity index (χ1n) is 6.06. The third-order valence-corrected chi connectivity index (χ3v) is 2.86. The molecule has 98 valence electrons. The van der Waals surface area contributed by atoms with Gasteiger partial charge in [0.2, 0.25) is 5.82 Å². The lowest BCUT2D eigenvalue weighted by atomic mass is 10.1. The minimum Gasteiger partial charge on any atom is -0.371 e. The van der Waals surface area contributed by atoms with E-state index in [-0.39, 0.29) is 0 Å². The van der Waals surface area contributed by atoms with Crippen molar-refractivity contribution in [2.24, 2.45) is 0 Å². The highest BCUT2D eigenvalue weighted by atomic mass is 15.3. The van der Waals surface area contributed by atoms with Gasteiger partial charge in [0, 0.05) is 18.3 Å². The molecule has 19 heavy (non-hydrogen) atoms. The average molecular weight is 255 g/mol. The molecule has 0 aliphatic carbocycles. The summed E-state index contributed by atoms with van der Waals surface area (Å²) in [5, 5.41) is 16.4. The zero-order valence-electron chi connectivity index (χ0n) is 11.5. The van der Waals surface area contributed by atoms with E-state index >= 15 is 0 Å². The SMILES string of the molecule is C=C(C)N(C)Cc1nnc(-c2ccc(C)cc2)nn1. The first kappa shape index (κ1) is 13.1. The molecule has 0 aliphatic rings. The molecule has 0 aliphatic heterocycles.